The van der Waals surface area contributed by atoms with Gasteiger partial charge in [0.1, 0.15) is 11.5 Å². The molecule has 0 saturated heterocycles. The highest BCUT2D eigenvalue weighted by atomic mass is 35.5. The zero-order valence-electron chi connectivity index (χ0n) is 19.5. The normalized spacial score (nSPS) is 10.5. The largest absolute Gasteiger partial charge is 0.494 e. The van der Waals surface area contributed by atoms with Crippen LogP contribution in [0.2, 0.25) is 5.02 Å². The highest BCUT2D eigenvalue weighted by Gasteiger charge is 2.13. The van der Waals surface area contributed by atoms with Gasteiger partial charge in [-0.3, -0.25) is 14.4 Å². The third kappa shape index (κ3) is 8.77. The Kier molecular flexibility index (Phi) is 9.84. The minimum atomic E-state index is -0.913. The van der Waals surface area contributed by atoms with Crippen molar-refractivity contribution < 1.29 is 23.9 Å². The number of carbonyl (C=O) groups is 3. The van der Waals surface area contributed by atoms with Gasteiger partial charge in [-0.2, -0.15) is 5.10 Å². The Morgan fingerprint density at radius 3 is 2.06 bits per heavy atom. The van der Waals surface area contributed by atoms with Gasteiger partial charge in [0.15, 0.2) is 6.61 Å². The van der Waals surface area contributed by atoms with Crippen molar-refractivity contribution in [3.05, 3.63) is 83.4 Å². The molecule has 10 heteroatoms. The lowest BCUT2D eigenvalue weighted by Gasteiger charge is -2.08. The van der Waals surface area contributed by atoms with Gasteiger partial charge >= 0.3 is 11.8 Å². The molecule has 0 aliphatic rings. The number of hydrazone groups is 1. The van der Waals surface area contributed by atoms with Crippen LogP contribution in [0.25, 0.3) is 0 Å². The van der Waals surface area contributed by atoms with Crippen LogP contribution in [-0.4, -0.2) is 37.1 Å². The number of nitrogens with zero attached hydrogens (tertiary/aromatic N) is 1. The van der Waals surface area contributed by atoms with E-state index in [2.05, 4.69) is 21.2 Å². The Balaban J connectivity index is 1.40. The van der Waals surface area contributed by atoms with Gasteiger partial charge in [0.2, 0.25) is 0 Å². The fourth-order valence-corrected chi connectivity index (χ4v) is 2.91. The summed E-state index contributed by atoms with van der Waals surface area (Å²) in [5, 5.41) is 9.56. The van der Waals surface area contributed by atoms with Gasteiger partial charge in [-0.1, -0.05) is 18.5 Å². The Hall–Kier alpha value is -4.37. The maximum absolute atomic E-state index is 12.0. The fourth-order valence-electron chi connectivity index (χ4n) is 2.79. The van der Waals surface area contributed by atoms with Gasteiger partial charge in [-0.25, -0.2) is 5.43 Å². The Morgan fingerprint density at radius 1 is 0.806 bits per heavy atom. The molecule has 0 bridgehead atoms. The molecular weight excluding hydrogens is 484 g/mol. The zero-order valence-corrected chi connectivity index (χ0v) is 20.2. The number of benzene rings is 3. The summed E-state index contributed by atoms with van der Waals surface area (Å²) in [6.45, 7) is 2.44. The van der Waals surface area contributed by atoms with E-state index in [1.165, 1.54) is 6.21 Å². The summed E-state index contributed by atoms with van der Waals surface area (Å²) < 4.78 is 10.9. The van der Waals surface area contributed by atoms with E-state index in [1.807, 2.05) is 6.92 Å². The molecule has 3 aromatic carbocycles. The minimum Gasteiger partial charge on any atom is -0.494 e. The molecule has 0 unspecified atom stereocenters. The molecule has 3 rings (SSSR count). The number of ether oxygens (including phenoxy) is 2. The third-order valence-electron chi connectivity index (χ3n) is 4.55. The molecule has 0 heterocycles. The number of hydrogen-bond donors (Lipinski definition) is 3. The van der Waals surface area contributed by atoms with Crippen molar-refractivity contribution >= 4 is 46.9 Å². The number of anilines is 2. The first-order valence-corrected chi connectivity index (χ1v) is 11.5. The Morgan fingerprint density at radius 2 is 1.39 bits per heavy atom. The highest BCUT2D eigenvalue weighted by Crippen LogP contribution is 2.16. The molecule has 0 saturated carbocycles. The molecule has 3 amide bonds. The summed E-state index contributed by atoms with van der Waals surface area (Å²) in [5.74, 6) is -0.918. The molecule has 0 fully saturated rings. The monoisotopic (exact) mass is 508 g/mol. The number of hydrogen-bond acceptors (Lipinski definition) is 6. The van der Waals surface area contributed by atoms with Crippen LogP contribution in [0.1, 0.15) is 18.9 Å². The lowest BCUT2D eigenvalue weighted by molar-refractivity contribution is -0.136. The number of halogens is 1. The van der Waals surface area contributed by atoms with Crippen LogP contribution in [0, 0.1) is 0 Å². The lowest BCUT2D eigenvalue weighted by Crippen LogP contribution is -2.32. The van der Waals surface area contributed by atoms with Crippen molar-refractivity contribution in [2.24, 2.45) is 5.10 Å². The van der Waals surface area contributed by atoms with Gasteiger partial charge in [0, 0.05) is 16.4 Å². The molecule has 3 aromatic rings. The summed E-state index contributed by atoms with van der Waals surface area (Å²) >= 11 is 5.82. The van der Waals surface area contributed by atoms with Crippen LogP contribution in [0.4, 0.5) is 11.4 Å². The first-order chi connectivity index (χ1) is 17.4. The fraction of sp³-hybridized carbons (Fsp3) is 0.154. The second-order valence-electron chi connectivity index (χ2n) is 7.44. The van der Waals surface area contributed by atoms with Crippen LogP contribution >= 0.6 is 11.6 Å². The molecule has 0 spiro atoms. The second-order valence-corrected chi connectivity index (χ2v) is 7.88. The quantitative estimate of drug-likeness (QED) is 0.215. The maximum Gasteiger partial charge on any atom is 0.329 e. The van der Waals surface area contributed by atoms with E-state index < -0.39 is 11.8 Å². The zero-order chi connectivity index (χ0) is 25.8. The van der Waals surface area contributed by atoms with E-state index in [1.54, 1.807) is 72.8 Å². The number of nitrogens with one attached hydrogen (secondary N) is 3. The van der Waals surface area contributed by atoms with Gasteiger partial charge in [0.05, 0.1) is 12.8 Å². The lowest BCUT2D eigenvalue weighted by atomic mass is 10.2. The van der Waals surface area contributed by atoms with Gasteiger partial charge in [-0.15, -0.1) is 0 Å². The van der Waals surface area contributed by atoms with Gasteiger partial charge in [0.25, 0.3) is 5.91 Å². The molecule has 3 N–H and O–H groups in total. The molecule has 9 nitrogen and oxygen atoms in total. The summed E-state index contributed by atoms with van der Waals surface area (Å²) in [5.41, 5.74) is 3.90. The first-order valence-electron chi connectivity index (χ1n) is 11.1. The minimum absolute atomic E-state index is 0.171. The molecule has 36 heavy (non-hydrogen) atoms. The van der Waals surface area contributed by atoms with E-state index in [0.29, 0.717) is 40.1 Å². The van der Waals surface area contributed by atoms with E-state index in [-0.39, 0.29) is 12.5 Å². The van der Waals surface area contributed by atoms with Crippen LogP contribution in [0.15, 0.2) is 77.9 Å². The number of rotatable bonds is 10. The molecule has 186 valence electrons. The van der Waals surface area contributed by atoms with E-state index in [9.17, 15) is 14.4 Å². The van der Waals surface area contributed by atoms with Gasteiger partial charge in [-0.05, 0) is 84.8 Å². The Bertz CT molecular complexity index is 1200. The van der Waals surface area contributed by atoms with Crippen molar-refractivity contribution in [3.63, 3.8) is 0 Å². The predicted octanol–water partition coefficient (Wildman–Crippen LogP) is 4.24. The predicted molar refractivity (Wildman–Crippen MR) is 139 cm³/mol. The van der Waals surface area contributed by atoms with Crippen molar-refractivity contribution in [2.75, 3.05) is 23.8 Å². The van der Waals surface area contributed by atoms with E-state index in [0.717, 1.165) is 6.42 Å². The molecule has 0 atom stereocenters. The number of carbonyl (C=O) groups excluding carboxylic acids is 3. The van der Waals surface area contributed by atoms with Gasteiger partial charge < -0.3 is 20.1 Å². The average molecular weight is 509 g/mol. The van der Waals surface area contributed by atoms with E-state index >= 15 is 0 Å². The van der Waals surface area contributed by atoms with E-state index in [4.69, 9.17) is 21.1 Å². The summed E-state index contributed by atoms with van der Waals surface area (Å²) in [4.78, 5) is 36.0. The summed E-state index contributed by atoms with van der Waals surface area (Å²) in [6.07, 6.45) is 2.27. The molecular formula is C26H25ClN4O5. The topological polar surface area (TPSA) is 118 Å². The SMILES string of the molecule is CCCOc1ccc(NC(=O)C(=O)N/N=C\c2ccc(OCC(=O)Nc3ccc(Cl)cc3)cc2)cc1. The van der Waals surface area contributed by atoms with Crippen LogP contribution in [0.5, 0.6) is 11.5 Å². The molecule has 0 radical (unpaired) electrons. The first kappa shape index (κ1) is 26.2. The Labute approximate surface area is 213 Å². The summed E-state index contributed by atoms with van der Waals surface area (Å²) in [7, 11) is 0. The van der Waals surface area contributed by atoms with Crippen LogP contribution in [0.3, 0.4) is 0 Å². The van der Waals surface area contributed by atoms with Crippen LogP contribution < -0.4 is 25.5 Å². The molecule has 0 aromatic heterocycles. The average Bonchev–Trinajstić information content (AvgIpc) is 2.89. The standard InChI is InChI=1S/C26H25ClN4O5/c1-2-15-35-22-13-9-21(10-14-22)30-25(33)26(34)31-28-16-18-3-11-23(12-4-18)36-17-24(32)29-20-7-5-19(27)6-8-20/h3-14,16H,2,15,17H2,1H3,(H,29,32)(H,30,33)(H,31,34)/b28-16-. The second kappa shape index (κ2) is 13.5. The summed E-state index contributed by atoms with van der Waals surface area (Å²) in [6, 6.07) is 20.1. The van der Waals surface area contributed by atoms with Crippen molar-refractivity contribution in [1.29, 1.82) is 0 Å². The molecule has 0 aliphatic heterocycles. The highest BCUT2D eigenvalue weighted by molar-refractivity contribution is 6.39. The smallest absolute Gasteiger partial charge is 0.329 e. The number of amides is 3. The van der Waals surface area contributed by atoms with Crippen molar-refractivity contribution in [3.8, 4) is 11.5 Å². The van der Waals surface area contributed by atoms with Crippen molar-refractivity contribution in [1.82, 2.24) is 5.43 Å². The molecule has 0 aliphatic carbocycles. The maximum atomic E-state index is 12.0. The third-order valence-corrected chi connectivity index (χ3v) is 4.80. The van der Waals surface area contributed by atoms with Crippen molar-refractivity contribution in [2.45, 2.75) is 13.3 Å². The van der Waals surface area contributed by atoms with Crippen LogP contribution in [-0.2, 0) is 14.4 Å².